The highest BCUT2D eigenvalue weighted by molar-refractivity contribution is 7.98. The minimum Gasteiger partial charge on any atom is -0.448 e. The number of nitrogens with zero attached hydrogens (tertiary/aromatic N) is 3. The third-order valence-corrected chi connectivity index (χ3v) is 6.13. The number of aromatic nitrogens is 3. The van der Waals surface area contributed by atoms with Crippen molar-refractivity contribution in [2.24, 2.45) is 0 Å². The van der Waals surface area contributed by atoms with E-state index in [1.807, 2.05) is 30.5 Å². The summed E-state index contributed by atoms with van der Waals surface area (Å²) >= 11 is 1.45. The van der Waals surface area contributed by atoms with Crippen LogP contribution in [0.3, 0.4) is 0 Å². The van der Waals surface area contributed by atoms with Crippen LogP contribution in [0.5, 0.6) is 5.88 Å². The predicted octanol–water partition coefficient (Wildman–Crippen LogP) is 6.07. The summed E-state index contributed by atoms with van der Waals surface area (Å²) in [5.41, 5.74) is 3.60. The van der Waals surface area contributed by atoms with E-state index in [9.17, 15) is 0 Å². The molecule has 0 bridgehead atoms. The molecule has 0 saturated carbocycles. The van der Waals surface area contributed by atoms with E-state index < -0.39 is 6.23 Å². The number of fused-ring (bicyclic) bond motifs is 5. The number of hydrogen-bond acceptors (Lipinski definition) is 6. The molecule has 4 aromatic carbocycles. The van der Waals surface area contributed by atoms with Crippen molar-refractivity contribution in [3.8, 4) is 17.1 Å². The molecule has 1 atom stereocenters. The molecule has 0 fully saturated rings. The third-order valence-electron chi connectivity index (χ3n) is 5.59. The molecule has 0 aliphatic carbocycles. The molecular weight excluding hydrogens is 404 g/mol. The second-order valence-electron chi connectivity index (χ2n) is 7.37. The Labute approximate surface area is 183 Å². The smallest absolute Gasteiger partial charge is 0.247 e. The summed E-state index contributed by atoms with van der Waals surface area (Å²) in [6.07, 6.45) is 1.49. The second kappa shape index (κ2) is 7.25. The Morgan fingerprint density at radius 2 is 1.52 bits per heavy atom. The Morgan fingerprint density at radius 3 is 2.26 bits per heavy atom. The number of rotatable bonds is 2. The molecule has 6 heteroatoms. The van der Waals surface area contributed by atoms with E-state index in [0.717, 1.165) is 27.6 Å². The van der Waals surface area contributed by atoms with Gasteiger partial charge in [0.1, 0.15) is 0 Å². The van der Waals surface area contributed by atoms with Crippen molar-refractivity contribution in [2.45, 2.75) is 11.4 Å². The van der Waals surface area contributed by atoms with E-state index in [1.165, 1.54) is 22.5 Å². The molecule has 0 radical (unpaired) electrons. The SMILES string of the molecule is CSc1nnc2c(n1)O[C@@H](c1c3ccccc3cc3ccccc13)Nc1ccccc1-2. The Bertz CT molecular complexity index is 1400. The molecular formula is C25H18N4OS. The lowest BCUT2D eigenvalue weighted by Gasteiger charge is -2.23. The Kier molecular flexibility index (Phi) is 4.25. The van der Waals surface area contributed by atoms with Gasteiger partial charge in [-0.15, -0.1) is 10.2 Å². The molecule has 1 aliphatic heterocycles. The molecule has 6 rings (SSSR count). The molecule has 1 N–H and O–H groups in total. The summed E-state index contributed by atoms with van der Waals surface area (Å²) in [5.74, 6) is 0.485. The Morgan fingerprint density at radius 1 is 0.839 bits per heavy atom. The quantitative estimate of drug-likeness (QED) is 0.275. The van der Waals surface area contributed by atoms with Gasteiger partial charge >= 0.3 is 0 Å². The van der Waals surface area contributed by atoms with Crippen molar-refractivity contribution in [2.75, 3.05) is 11.6 Å². The van der Waals surface area contributed by atoms with Crippen LogP contribution in [0, 0.1) is 0 Å². The standard InChI is InChI=1S/C25H18N4OS/c1-31-25-27-24-22(28-29-25)19-12-6-7-13-20(19)26-23(30-24)21-17-10-4-2-8-15(17)14-16-9-3-5-11-18(16)21/h2-14,23,26H,1H3/t23-/m0/s1. The number of para-hydroxylation sites is 1. The molecule has 150 valence electrons. The molecule has 1 aliphatic rings. The first-order valence-electron chi connectivity index (χ1n) is 10.0. The van der Waals surface area contributed by atoms with Gasteiger partial charge in [0.05, 0.1) is 0 Å². The number of thioether (sulfide) groups is 1. The van der Waals surface area contributed by atoms with Gasteiger partial charge in [-0.25, -0.2) is 0 Å². The monoisotopic (exact) mass is 422 g/mol. The van der Waals surface area contributed by atoms with Crippen molar-refractivity contribution in [1.29, 1.82) is 0 Å². The van der Waals surface area contributed by atoms with E-state index in [1.54, 1.807) is 0 Å². The predicted molar refractivity (Wildman–Crippen MR) is 125 cm³/mol. The molecule has 5 nitrogen and oxygen atoms in total. The average Bonchev–Trinajstić information content (AvgIpc) is 2.98. The third kappa shape index (κ3) is 2.99. The van der Waals surface area contributed by atoms with Crippen LogP contribution in [0.4, 0.5) is 5.69 Å². The van der Waals surface area contributed by atoms with Crippen molar-refractivity contribution >= 4 is 39.0 Å². The van der Waals surface area contributed by atoms with Crippen LogP contribution >= 0.6 is 11.8 Å². The zero-order valence-electron chi connectivity index (χ0n) is 16.7. The molecule has 0 spiro atoms. The van der Waals surface area contributed by atoms with Crippen molar-refractivity contribution in [3.63, 3.8) is 0 Å². The van der Waals surface area contributed by atoms with Gasteiger partial charge < -0.3 is 10.1 Å². The summed E-state index contributed by atoms with van der Waals surface area (Å²) in [5, 5.41) is 17.5. The Balaban J connectivity index is 1.64. The maximum absolute atomic E-state index is 6.55. The van der Waals surface area contributed by atoms with Gasteiger partial charge in [0, 0.05) is 16.8 Å². The molecule has 0 saturated heterocycles. The van der Waals surface area contributed by atoms with Crippen LogP contribution in [0.2, 0.25) is 0 Å². The van der Waals surface area contributed by atoms with Crippen molar-refractivity contribution in [1.82, 2.24) is 15.2 Å². The number of anilines is 1. The van der Waals surface area contributed by atoms with Crippen LogP contribution in [-0.2, 0) is 0 Å². The largest absolute Gasteiger partial charge is 0.448 e. The lowest BCUT2D eigenvalue weighted by Crippen LogP contribution is -2.18. The van der Waals surface area contributed by atoms with Gasteiger partial charge in [-0.05, 0) is 39.9 Å². The molecule has 1 aromatic heterocycles. The van der Waals surface area contributed by atoms with Gasteiger partial charge in [0.25, 0.3) is 0 Å². The molecule has 5 aromatic rings. The van der Waals surface area contributed by atoms with Crippen LogP contribution in [0.15, 0.2) is 84.0 Å². The normalized spacial score (nSPS) is 14.9. The average molecular weight is 423 g/mol. The van der Waals surface area contributed by atoms with Crippen LogP contribution < -0.4 is 10.1 Å². The highest BCUT2D eigenvalue weighted by Gasteiger charge is 2.28. The zero-order valence-corrected chi connectivity index (χ0v) is 17.6. The summed E-state index contributed by atoms with van der Waals surface area (Å²) < 4.78 is 6.55. The van der Waals surface area contributed by atoms with Crippen LogP contribution in [-0.4, -0.2) is 21.4 Å². The second-order valence-corrected chi connectivity index (χ2v) is 8.15. The number of nitrogens with one attached hydrogen (secondary N) is 1. The first-order chi connectivity index (χ1) is 15.3. The minimum atomic E-state index is -0.440. The first-order valence-corrected chi connectivity index (χ1v) is 11.3. The summed E-state index contributed by atoms with van der Waals surface area (Å²) in [6.45, 7) is 0. The highest BCUT2D eigenvalue weighted by Crippen LogP contribution is 2.42. The fourth-order valence-corrected chi connectivity index (χ4v) is 4.49. The van der Waals surface area contributed by atoms with E-state index in [-0.39, 0.29) is 0 Å². The number of benzene rings is 4. The van der Waals surface area contributed by atoms with Crippen molar-refractivity contribution in [3.05, 3.63) is 84.4 Å². The summed E-state index contributed by atoms with van der Waals surface area (Å²) in [4.78, 5) is 4.65. The van der Waals surface area contributed by atoms with Crippen LogP contribution in [0.1, 0.15) is 11.8 Å². The van der Waals surface area contributed by atoms with Crippen LogP contribution in [0.25, 0.3) is 32.8 Å². The van der Waals surface area contributed by atoms with E-state index in [2.05, 4.69) is 75.1 Å². The fraction of sp³-hybridized carbons (Fsp3) is 0.0800. The fourth-order valence-electron chi connectivity index (χ4n) is 4.20. The lowest BCUT2D eigenvalue weighted by atomic mass is 9.95. The number of hydrogen-bond donors (Lipinski definition) is 1. The zero-order chi connectivity index (χ0) is 20.8. The maximum atomic E-state index is 6.55. The topological polar surface area (TPSA) is 59.9 Å². The highest BCUT2D eigenvalue weighted by atomic mass is 32.2. The summed E-state index contributed by atoms with van der Waals surface area (Å²) in [6, 6.07) is 27.1. The van der Waals surface area contributed by atoms with E-state index in [0.29, 0.717) is 16.7 Å². The summed E-state index contributed by atoms with van der Waals surface area (Å²) in [7, 11) is 0. The van der Waals surface area contributed by atoms with Gasteiger partial charge in [0.2, 0.25) is 11.0 Å². The number of ether oxygens (including phenoxy) is 1. The van der Waals surface area contributed by atoms with Crippen molar-refractivity contribution < 1.29 is 4.74 Å². The van der Waals surface area contributed by atoms with Gasteiger partial charge in [-0.1, -0.05) is 78.5 Å². The van der Waals surface area contributed by atoms with Gasteiger partial charge in [-0.2, -0.15) is 4.98 Å². The van der Waals surface area contributed by atoms with Gasteiger partial charge in [0.15, 0.2) is 11.9 Å². The molecule has 0 unspecified atom stereocenters. The minimum absolute atomic E-state index is 0.440. The maximum Gasteiger partial charge on any atom is 0.247 e. The molecule has 31 heavy (non-hydrogen) atoms. The van der Waals surface area contributed by atoms with E-state index >= 15 is 0 Å². The first kappa shape index (κ1) is 18.2. The van der Waals surface area contributed by atoms with E-state index in [4.69, 9.17) is 4.74 Å². The lowest BCUT2D eigenvalue weighted by molar-refractivity contribution is 0.228. The van der Waals surface area contributed by atoms with Gasteiger partial charge in [-0.3, -0.25) is 0 Å². The molecule has 2 heterocycles. The Hall–Kier alpha value is -3.64. The molecule has 0 amide bonds.